The Balaban J connectivity index is 1.83. The Morgan fingerprint density at radius 3 is 2.79 bits per heavy atom. The first kappa shape index (κ1) is 20.1. The van der Waals surface area contributed by atoms with E-state index in [0.717, 1.165) is 11.3 Å². The van der Waals surface area contributed by atoms with Gasteiger partial charge in [0.25, 0.3) is 5.91 Å². The van der Waals surface area contributed by atoms with Crippen LogP contribution < -0.4 is 15.0 Å². The second-order valence-electron chi connectivity index (χ2n) is 6.59. The Kier molecular flexibility index (Phi) is 5.31. The van der Waals surface area contributed by atoms with Crippen LogP contribution in [0.2, 0.25) is 5.02 Å². The Bertz CT molecular complexity index is 972. The quantitative estimate of drug-likeness (QED) is 0.759. The van der Waals surface area contributed by atoms with E-state index < -0.39 is 17.5 Å². The molecule has 1 aliphatic rings. The topological polar surface area (TPSA) is 97.8 Å². The van der Waals surface area contributed by atoms with Crippen LogP contribution >= 0.6 is 22.9 Å². The van der Waals surface area contributed by atoms with Crippen LogP contribution in [0.3, 0.4) is 0 Å². The summed E-state index contributed by atoms with van der Waals surface area (Å²) >= 11 is 7.05. The lowest BCUT2D eigenvalue weighted by atomic mass is 10.0. The monoisotopic (exact) mass is 423 g/mol. The van der Waals surface area contributed by atoms with E-state index >= 15 is 0 Å². The highest BCUT2D eigenvalue weighted by Gasteiger charge is 2.41. The lowest BCUT2D eigenvalue weighted by Gasteiger charge is -2.38. The first-order valence-corrected chi connectivity index (χ1v) is 9.48. The SMILES string of the molecule is COC(=O)c1sc(NC(=O)CN2C(=O)C(C)(C)Oc3ccc(Cl)cc32)nc1C. The summed E-state index contributed by atoms with van der Waals surface area (Å²) < 4.78 is 10.4. The van der Waals surface area contributed by atoms with Crippen molar-refractivity contribution in [1.29, 1.82) is 0 Å². The maximum absolute atomic E-state index is 12.8. The fourth-order valence-corrected chi connectivity index (χ4v) is 3.80. The number of rotatable bonds is 4. The zero-order valence-electron chi connectivity index (χ0n) is 15.7. The predicted octanol–water partition coefficient (Wildman–Crippen LogP) is 3.03. The van der Waals surface area contributed by atoms with Gasteiger partial charge in [0.1, 0.15) is 17.2 Å². The molecule has 10 heteroatoms. The molecular formula is C18H18ClN3O5S. The molecule has 0 bridgehead atoms. The van der Waals surface area contributed by atoms with Crippen molar-refractivity contribution in [3.63, 3.8) is 0 Å². The first-order chi connectivity index (χ1) is 13.1. The number of nitrogens with zero attached hydrogens (tertiary/aromatic N) is 2. The van der Waals surface area contributed by atoms with Crippen molar-refractivity contribution < 1.29 is 23.9 Å². The van der Waals surface area contributed by atoms with Crippen molar-refractivity contribution in [3.05, 3.63) is 33.8 Å². The normalized spacial score (nSPS) is 14.9. The zero-order chi connectivity index (χ0) is 20.6. The van der Waals surface area contributed by atoms with Crippen molar-refractivity contribution in [2.75, 3.05) is 23.9 Å². The number of ether oxygens (including phenoxy) is 2. The van der Waals surface area contributed by atoms with Crippen LogP contribution in [0.25, 0.3) is 0 Å². The number of carbonyl (C=O) groups excluding carboxylic acids is 3. The first-order valence-electron chi connectivity index (χ1n) is 8.28. The van der Waals surface area contributed by atoms with Crippen molar-refractivity contribution in [2.45, 2.75) is 26.4 Å². The fourth-order valence-electron chi connectivity index (χ4n) is 2.73. The molecule has 0 fully saturated rings. The minimum Gasteiger partial charge on any atom is -0.476 e. The molecule has 2 amide bonds. The van der Waals surface area contributed by atoms with E-state index in [-0.39, 0.29) is 17.6 Å². The highest BCUT2D eigenvalue weighted by molar-refractivity contribution is 7.17. The smallest absolute Gasteiger partial charge is 0.350 e. The molecule has 1 aliphatic heterocycles. The summed E-state index contributed by atoms with van der Waals surface area (Å²) in [5.74, 6) is -0.908. The Hall–Kier alpha value is -2.65. The third-order valence-corrected chi connectivity index (χ3v) is 5.34. The summed E-state index contributed by atoms with van der Waals surface area (Å²) in [5.41, 5.74) is -0.262. The largest absolute Gasteiger partial charge is 0.476 e. The number of thiazole rings is 1. The van der Waals surface area contributed by atoms with E-state index in [2.05, 4.69) is 15.0 Å². The summed E-state index contributed by atoms with van der Waals surface area (Å²) in [6, 6.07) is 4.88. The van der Waals surface area contributed by atoms with Gasteiger partial charge in [0.05, 0.1) is 18.5 Å². The van der Waals surface area contributed by atoms with E-state index in [1.165, 1.54) is 12.0 Å². The third kappa shape index (κ3) is 3.81. The highest BCUT2D eigenvalue weighted by atomic mass is 35.5. The molecular weight excluding hydrogens is 406 g/mol. The molecule has 0 saturated carbocycles. The number of aromatic nitrogens is 1. The molecule has 3 rings (SSSR count). The van der Waals surface area contributed by atoms with Crippen molar-refractivity contribution >= 4 is 51.5 Å². The molecule has 0 unspecified atom stereocenters. The van der Waals surface area contributed by atoms with E-state index in [0.29, 0.717) is 27.0 Å². The van der Waals surface area contributed by atoms with Crippen LogP contribution in [0.4, 0.5) is 10.8 Å². The molecule has 1 N–H and O–H groups in total. The molecule has 2 aromatic rings. The predicted molar refractivity (Wildman–Crippen MR) is 105 cm³/mol. The zero-order valence-corrected chi connectivity index (χ0v) is 17.2. The van der Waals surface area contributed by atoms with E-state index in [1.807, 2.05) is 0 Å². The van der Waals surface area contributed by atoms with Crippen LogP contribution in [0, 0.1) is 6.92 Å². The number of anilines is 2. The molecule has 0 aliphatic carbocycles. The number of methoxy groups -OCH3 is 1. The Labute approximate surface area is 170 Å². The van der Waals surface area contributed by atoms with E-state index in [9.17, 15) is 14.4 Å². The number of amides is 2. The molecule has 0 radical (unpaired) electrons. The second-order valence-corrected chi connectivity index (χ2v) is 8.02. The van der Waals surface area contributed by atoms with Gasteiger partial charge >= 0.3 is 5.97 Å². The molecule has 148 valence electrons. The molecule has 0 saturated heterocycles. The summed E-state index contributed by atoms with van der Waals surface area (Å²) in [5, 5.41) is 3.28. The average Bonchev–Trinajstić information content (AvgIpc) is 2.99. The van der Waals surface area contributed by atoms with Gasteiger partial charge in [0.2, 0.25) is 5.91 Å². The van der Waals surface area contributed by atoms with Crippen molar-refractivity contribution in [1.82, 2.24) is 4.98 Å². The van der Waals surface area contributed by atoms with Gasteiger partial charge in [0.15, 0.2) is 10.7 Å². The van der Waals surface area contributed by atoms with Gasteiger partial charge in [-0.1, -0.05) is 22.9 Å². The number of benzene rings is 1. The molecule has 2 heterocycles. The van der Waals surface area contributed by atoms with E-state index in [1.54, 1.807) is 39.0 Å². The molecule has 8 nitrogen and oxygen atoms in total. The van der Waals surface area contributed by atoms with Gasteiger partial charge in [-0.15, -0.1) is 0 Å². The maximum atomic E-state index is 12.8. The molecule has 28 heavy (non-hydrogen) atoms. The standard InChI is InChI=1S/C18H18ClN3O5S/c1-9-14(15(24)26-4)28-17(20-9)21-13(23)8-22-11-7-10(19)5-6-12(11)27-18(2,3)16(22)25/h5-7H,8H2,1-4H3,(H,20,21,23). The number of fused-ring (bicyclic) bond motifs is 1. The van der Waals surface area contributed by atoms with Crippen LogP contribution in [0.1, 0.15) is 29.2 Å². The van der Waals surface area contributed by atoms with Gasteiger partial charge in [-0.05, 0) is 39.0 Å². The van der Waals surface area contributed by atoms with Crippen molar-refractivity contribution in [2.24, 2.45) is 0 Å². The maximum Gasteiger partial charge on any atom is 0.350 e. The molecule has 1 aromatic carbocycles. The summed E-state index contributed by atoms with van der Waals surface area (Å²) in [7, 11) is 1.27. The number of nitrogens with one attached hydrogen (secondary N) is 1. The molecule has 1 aromatic heterocycles. The van der Waals surface area contributed by atoms with Gasteiger partial charge in [-0.2, -0.15) is 0 Å². The van der Waals surface area contributed by atoms with Crippen LogP contribution in [0.5, 0.6) is 5.75 Å². The van der Waals surface area contributed by atoms with Gasteiger partial charge in [-0.25, -0.2) is 9.78 Å². The fraction of sp³-hybridized carbons (Fsp3) is 0.333. The summed E-state index contributed by atoms with van der Waals surface area (Å²) in [6.07, 6.45) is 0. The Morgan fingerprint density at radius 1 is 1.39 bits per heavy atom. The van der Waals surface area contributed by atoms with Crippen LogP contribution in [-0.4, -0.2) is 42.0 Å². The third-order valence-electron chi connectivity index (χ3n) is 4.05. The van der Waals surface area contributed by atoms with Crippen LogP contribution in [-0.2, 0) is 14.3 Å². The number of carbonyl (C=O) groups is 3. The number of halogens is 1. The average molecular weight is 424 g/mol. The highest BCUT2D eigenvalue weighted by Crippen LogP contribution is 2.39. The summed E-state index contributed by atoms with van der Waals surface area (Å²) in [4.78, 5) is 42.8. The van der Waals surface area contributed by atoms with Gasteiger partial charge in [-0.3, -0.25) is 14.5 Å². The van der Waals surface area contributed by atoms with Crippen molar-refractivity contribution in [3.8, 4) is 5.75 Å². The lowest BCUT2D eigenvalue weighted by Crippen LogP contribution is -2.54. The lowest BCUT2D eigenvalue weighted by molar-refractivity contribution is -0.133. The number of aryl methyl sites for hydroxylation is 1. The minimum absolute atomic E-state index is 0.245. The molecule has 0 atom stereocenters. The summed E-state index contributed by atoms with van der Waals surface area (Å²) in [6.45, 7) is 4.64. The van der Waals surface area contributed by atoms with Gasteiger partial charge in [0, 0.05) is 5.02 Å². The number of esters is 1. The van der Waals surface area contributed by atoms with Gasteiger partial charge < -0.3 is 14.8 Å². The number of hydrogen-bond donors (Lipinski definition) is 1. The van der Waals surface area contributed by atoms with Crippen LogP contribution in [0.15, 0.2) is 18.2 Å². The molecule has 0 spiro atoms. The van der Waals surface area contributed by atoms with E-state index in [4.69, 9.17) is 16.3 Å². The second kappa shape index (κ2) is 7.40. The Morgan fingerprint density at radius 2 is 2.11 bits per heavy atom. The minimum atomic E-state index is -1.13. The number of hydrogen-bond acceptors (Lipinski definition) is 7.